The zero-order valence-corrected chi connectivity index (χ0v) is 9.89. The third-order valence-electron chi connectivity index (χ3n) is 2.17. The van der Waals surface area contributed by atoms with Crippen molar-refractivity contribution in [3.63, 3.8) is 0 Å². The number of halogens is 1. The largest absolute Gasteiger partial charge is 0.444 e. The molecule has 0 fully saturated rings. The summed E-state index contributed by atoms with van der Waals surface area (Å²) in [6, 6.07) is 0. The van der Waals surface area contributed by atoms with E-state index < -0.39 is 0 Å². The lowest BCUT2D eigenvalue weighted by atomic mass is 10.2. The van der Waals surface area contributed by atoms with Gasteiger partial charge < -0.3 is 9.73 Å². The number of oxazole rings is 1. The van der Waals surface area contributed by atoms with E-state index in [0.29, 0.717) is 18.3 Å². The predicted molar refractivity (Wildman–Crippen MR) is 57.7 cm³/mol. The summed E-state index contributed by atoms with van der Waals surface area (Å²) in [4.78, 5) is 15.5. The van der Waals surface area contributed by atoms with Crippen molar-refractivity contribution in [2.45, 2.75) is 27.3 Å². The van der Waals surface area contributed by atoms with Crippen LogP contribution in [0.15, 0.2) is 4.42 Å². The Bertz CT molecular complexity index is 330. The molecular weight excluding hydrogens is 216 g/mol. The number of hydrogen-bond acceptors (Lipinski definition) is 3. The fourth-order valence-electron chi connectivity index (χ4n) is 1.02. The first kappa shape index (κ1) is 12.0. The van der Waals surface area contributed by atoms with Crippen LogP contribution < -0.4 is 5.32 Å². The number of carbonyl (C=O) groups is 1. The van der Waals surface area contributed by atoms with Gasteiger partial charge in [-0.25, -0.2) is 4.98 Å². The standard InChI is InChI=1S/C10H15ClN2O2/c1-6(4-11)10(14)12-5-9-13-7(2)8(3)15-9/h6H,4-5H2,1-3H3,(H,12,14). The summed E-state index contributed by atoms with van der Waals surface area (Å²) in [6.07, 6.45) is 0. The number of aryl methyl sites for hydroxylation is 2. The Hall–Kier alpha value is -1.03. The first-order valence-electron chi connectivity index (χ1n) is 4.81. The lowest BCUT2D eigenvalue weighted by Gasteiger charge is -2.06. The summed E-state index contributed by atoms with van der Waals surface area (Å²) in [5.74, 6) is 1.35. The van der Waals surface area contributed by atoms with E-state index in [0.717, 1.165) is 11.5 Å². The highest BCUT2D eigenvalue weighted by Gasteiger charge is 2.12. The second kappa shape index (κ2) is 5.16. The van der Waals surface area contributed by atoms with Crippen LogP contribution in [-0.4, -0.2) is 16.8 Å². The van der Waals surface area contributed by atoms with Crippen LogP contribution >= 0.6 is 11.6 Å². The Morgan fingerprint density at radius 2 is 2.27 bits per heavy atom. The molecule has 5 heteroatoms. The third kappa shape index (κ3) is 3.23. The van der Waals surface area contributed by atoms with E-state index in [1.54, 1.807) is 6.92 Å². The van der Waals surface area contributed by atoms with Crippen molar-refractivity contribution >= 4 is 17.5 Å². The molecule has 0 aliphatic carbocycles. The van der Waals surface area contributed by atoms with Crippen LogP contribution in [0.3, 0.4) is 0 Å². The van der Waals surface area contributed by atoms with E-state index in [1.165, 1.54) is 0 Å². The number of amides is 1. The minimum Gasteiger partial charge on any atom is -0.444 e. The summed E-state index contributed by atoms with van der Waals surface area (Å²) in [5, 5.41) is 2.71. The van der Waals surface area contributed by atoms with E-state index in [2.05, 4.69) is 10.3 Å². The van der Waals surface area contributed by atoms with E-state index in [9.17, 15) is 4.79 Å². The van der Waals surface area contributed by atoms with Gasteiger partial charge in [0.25, 0.3) is 0 Å². The molecular formula is C10H15ClN2O2. The van der Waals surface area contributed by atoms with E-state index in [4.69, 9.17) is 16.0 Å². The van der Waals surface area contributed by atoms with Gasteiger partial charge in [0.05, 0.1) is 12.2 Å². The lowest BCUT2D eigenvalue weighted by Crippen LogP contribution is -2.29. The minimum atomic E-state index is -0.191. The molecule has 0 saturated heterocycles. The molecule has 1 unspecified atom stereocenters. The molecule has 1 amide bonds. The number of nitrogens with one attached hydrogen (secondary N) is 1. The van der Waals surface area contributed by atoms with Crippen molar-refractivity contribution in [2.24, 2.45) is 5.92 Å². The summed E-state index contributed by atoms with van der Waals surface area (Å²) in [5.41, 5.74) is 0.852. The van der Waals surface area contributed by atoms with E-state index in [1.807, 2.05) is 13.8 Å². The highest BCUT2D eigenvalue weighted by atomic mass is 35.5. The normalized spacial score (nSPS) is 12.5. The fourth-order valence-corrected chi connectivity index (χ4v) is 1.16. The van der Waals surface area contributed by atoms with Crippen LogP contribution in [0.1, 0.15) is 24.3 Å². The Morgan fingerprint density at radius 1 is 1.60 bits per heavy atom. The zero-order valence-electron chi connectivity index (χ0n) is 9.13. The van der Waals surface area contributed by atoms with Crippen molar-refractivity contribution in [1.29, 1.82) is 0 Å². The molecule has 1 aromatic rings. The maximum absolute atomic E-state index is 11.4. The molecule has 15 heavy (non-hydrogen) atoms. The highest BCUT2D eigenvalue weighted by Crippen LogP contribution is 2.08. The summed E-state index contributed by atoms with van der Waals surface area (Å²) in [7, 11) is 0. The number of rotatable bonds is 4. The molecule has 1 heterocycles. The smallest absolute Gasteiger partial charge is 0.224 e. The Morgan fingerprint density at radius 3 is 2.73 bits per heavy atom. The topological polar surface area (TPSA) is 55.1 Å². The maximum atomic E-state index is 11.4. The minimum absolute atomic E-state index is 0.0847. The molecule has 0 bridgehead atoms. The number of hydrogen-bond donors (Lipinski definition) is 1. The second-order valence-corrected chi connectivity index (χ2v) is 3.83. The Balaban J connectivity index is 2.47. The Kier molecular flexibility index (Phi) is 4.15. The molecule has 1 aromatic heterocycles. The highest BCUT2D eigenvalue weighted by molar-refractivity contribution is 6.19. The van der Waals surface area contributed by atoms with Gasteiger partial charge in [-0.3, -0.25) is 4.79 Å². The molecule has 1 atom stereocenters. The molecule has 0 saturated carbocycles. The summed E-state index contributed by atoms with van der Waals surface area (Å²) < 4.78 is 5.32. The van der Waals surface area contributed by atoms with Crippen molar-refractivity contribution in [2.75, 3.05) is 5.88 Å². The molecule has 1 N–H and O–H groups in total. The monoisotopic (exact) mass is 230 g/mol. The van der Waals surface area contributed by atoms with Gasteiger partial charge in [0, 0.05) is 11.8 Å². The lowest BCUT2D eigenvalue weighted by molar-refractivity contribution is -0.124. The third-order valence-corrected chi connectivity index (χ3v) is 2.63. The van der Waals surface area contributed by atoms with Gasteiger partial charge in [0.15, 0.2) is 0 Å². The molecule has 1 rings (SSSR count). The molecule has 4 nitrogen and oxygen atoms in total. The Labute approximate surface area is 94.0 Å². The van der Waals surface area contributed by atoms with Gasteiger partial charge in [0.2, 0.25) is 11.8 Å². The molecule has 0 radical (unpaired) electrons. The molecule has 84 valence electrons. The van der Waals surface area contributed by atoms with Gasteiger partial charge in [-0.2, -0.15) is 0 Å². The SMILES string of the molecule is Cc1nc(CNC(=O)C(C)CCl)oc1C. The van der Waals surface area contributed by atoms with Crippen LogP contribution in [0.4, 0.5) is 0 Å². The van der Waals surface area contributed by atoms with Crippen LogP contribution in [0, 0.1) is 19.8 Å². The van der Waals surface area contributed by atoms with Gasteiger partial charge in [-0.05, 0) is 13.8 Å². The van der Waals surface area contributed by atoms with Gasteiger partial charge in [0.1, 0.15) is 5.76 Å². The van der Waals surface area contributed by atoms with Crippen molar-refractivity contribution in [3.05, 3.63) is 17.3 Å². The van der Waals surface area contributed by atoms with Gasteiger partial charge >= 0.3 is 0 Å². The van der Waals surface area contributed by atoms with E-state index >= 15 is 0 Å². The van der Waals surface area contributed by atoms with Crippen LogP contribution in [-0.2, 0) is 11.3 Å². The van der Waals surface area contributed by atoms with Gasteiger partial charge in [-0.1, -0.05) is 6.92 Å². The first-order chi connectivity index (χ1) is 7.04. The van der Waals surface area contributed by atoms with Crippen LogP contribution in [0.25, 0.3) is 0 Å². The average Bonchev–Trinajstić information content (AvgIpc) is 2.54. The van der Waals surface area contributed by atoms with Crippen molar-refractivity contribution in [1.82, 2.24) is 10.3 Å². The number of alkyl halides is 1. The first-order valence-corrected chi connectivity index (χ1v) is 5.34. The molecule has 0 aromatic carbocycles. The quantitative estimate of drug-likeness (QED) is 0.803. The number of carbonyl (C=O) groups excluding carboxylic acids is 1. The fraction of sp³-hybridized carbons (Fsp3) is 0.600. The van der Waals surface area contributed by atoms with Crippen LogP contribution in [0.2, 0.25) is 0 Å². The molecule has 0 aliphatic rings. The average molecular weight is 231 g/mol. The van der Waals surface area contributed by atoms with Crippen molar-refractivity contribution < 1.29 is 9.21 Å². The van der Waals surface area contributed by atoms with E-state index in [-0.39, 0.29) is 11.8 Å². The number of nitrogens with zero attached hydrogens (tertiary/aromatic N) is 1. The second-order valence-electron chi connectivity index (χ2n) is 3.52. The van der Waals surface area contributed by atoms with Gasteiger partial charge in [-0.15, -0.1) is 11.6 Å². The predicted octanol–water partition coefficient (Wildman–Crippen LogP) is 1.78. The molecule has 0 spiro atoms. The maximum Gasteiger partial charge on any atom is 0.224 e. The van der Waals surface area contributed by atoms with Crippen molar-refractivity contribution in [3.8, 4) is 0 Å². The zero-order chi connectivity index (χ0) is 11.4. The summed E-state index contributed by atoms with van der Waals surface area (Å²) in [6.45, 7) is 5.80. The molecule has 0 aliphatic heterocycles. The number of aromatic nitrogens is 1. The van der Waals surface area contributed by atoms with Crippen LogP contribution in [0.5, 0.6) is 0 Å². The summed E-state index contributed by atoms with van der Waals surface area (Å²) >= 11 is 5.56.